The van der Waals surface area contributed by atoms with Crippen molar-refractivity contribution in [3.63, 3.8) is 0 Å². The van der Waals surface area contributed by atoms with Crippen LogP contribution in [0.3, 0.4) is 0 Å². The second-order valence-electron chi connectivity index (χ2n) is 6.36. The second kappa shape index (κ2) is 6.04. The molecule has 2 aliphatic carbocycles. The van der Waals surface area contributed by atoms with Crippen molar-refractivity contribution in [3.8, 4) is 0 Å². The normalized spacial score (nSPS) is 33.6. The van der Waals surface area contributed by atoms with Crippen molar-refractivity contribution in [2.24, 2.45) is 10.4 Å². The summed E-state index contributed by atoms with van der Waals surface area (Å²) in [6.07, 6.45) is 9.84. The molecule has 0 saturated heterocycles. The molecule has 3 nitrogen and oxygen atoms in total. The molecule has 2 saturated carbocycles. The van der Waals surface area contributed by atoms with Gasteiger partial charge in [0, 0.05) is 24.9 Å². The van der Waals surface area contributed by atoms with E-state index in [4.69, 9.17) is 9.73 Å². The molecule has 1 heterocycles. The van der Waals surface area contributed by atoms with Crippen LogP contribution >= 0.6 is 11.8 Å². The number of thioether (sulfide) groups is 1. The number of nitrogens with one attached hydrogen (secondary N) is 1. The Labute approximate surface area is 121 Å². The number of aliphatic imine (C=N–C) groups is 1. The van der Waals surface area contributed by atoms with Crippen molar-refractivity contribution in [1.29, 1.82) is 0 Å². The highest BCUT2D eigenvalue weighted by Crippen LogP contribution is 2.41. The molecule has 0 aromatic rings. The van der Waals surface area contributed by atoms with Gasteiger partial charge in [-0.2, -0.15) is 0 Å². The quantitative estimate of drug-likeness (QED) is 0.863. The molecule has 0 radical (unpaired) electrons. The molecule has 0 amide bonds. The van der Waals surface area contributed by atoms with Gasteiger partial charge >= 0.3 is 0 Å². The lowest BCUT2D eigenvalue weighted by atomic mass is 9.75. The minimum absolute atomic E-state index is 0.487. The van der Waals surface area contributed by atoms with E-state index in [0.717, 1.165) is 26.0 Å². The summed E-state index contributed by atoms with van der Waals surface area (Å²) in [5, 5.41) is 4.79. The molecule has 0 bridgehead atoms. The van der Waals surface area contributed by atoms with Gasteiger partial charge in [-0.3, -0.25) is 4.99 Å². The molecule has 0 atom stereocenters. The third-order valence-corrected chi connectivity index (χ3v) is 6.09. The van der Waals surface area contributed by atoms with Crippen LogP contribution in [0.2, 0.25) is 0 Å². The van der Waals surface area contributed by atoms with E-state index >= 15 is 0 Å². The fourth-order valence-corrected chi connectivity index (χ4v) is 4.70. The third-order valence-electron chi connectivity index (χ3n) is 4.81. The first-order valence-corrected chi connectivity index (χ1v) is 8.84. The van der Waals surface area contributed by atoms with Gasteiger partial charge in [-0.25, -0.2) is 0 Å². The Morgan fingerprint density at radius 3 is 2.74 bits per heavy atom. The summed E-state index contributed by atoms with van der Waals surface area (Å²) in [5.74, 6) is 1.28. The molecular weight excluding hydrogens is 256 g/mol. The number of hydrogen-bond donors (Lipinski definition) is 1. The van der Waals surface area contributed by atoms with Gasteiger partial charge in [0.1, 0.15) is 0 Å². The number of rotatable bonds is 3. The standard InChI is InChI=1S/C15H26N2OS/c1-2-18-13-8-12(9-13)17-14-16-10-15(11-19-14)6-4-3-5-7-15/h12-13H,2-11H2,1H3,(H,16,17). The van der Waals surface area contributed by atoms with Gasteiger partial charge in [-0.1, -0.05) is 31.0 Å². The van der Waals surface area contributed by atoms with E-state index in [2.05, 4.69) is 12.2 Å². The van der Waals surface area contributed by atoms with E-state index in [-0.39, 0.29) is 0 Å². The Morgan fingerprint density at radius 2 is 2.11 bits per heavy atom. The Bertz CT molecular complexity index is 333. The second-order valence-corrected chi connectivity index (χ2v) is 7.32. The fraction of sp³-hybridized carbons (Fsp3) is 0.933. The summed E-state index contributed by atoms with van der Waals surface area (Å²) in [6, 6.07) is 0.600. The summed E-state index contributed by atoms with van der Waals surface area (Å²) < 4.78 is 5.60. The third kappa shape index (κ3) is 3.27. The Kier molecular flexibility index (Phi) is 4.37. The zero-order chi connectivity index (χ0) is 13.1. The maximum absolute atomic E-state index is 5.60. The summed E-state index contributed by atoms with van der Waals surface area (Å²) in [7, 11) is 0. The largest absolute Gasteiger partial charge is 0.378 e. The number of nitrogens with zero attached hydrogens (tertiary/aromatic N) is 1. The lowest BCUT2D eigenvalue weighted by Crippen LogP contribution is -2.48. The maximum Gasteiger partial charge on any atom is 0.156 e. The van der Waals surface area contributed by atoms with Crippen molar-refractivity contribution in [2.75, 3.05) is 18.9 Å². The van der Waals surface area contributed by atoms with Crippen LogP contribution in [-0.2, 0) is 4.74 Å². The van der Waals surface area contributed by atoms with Crippen LogP contribution in [0.25, 0.3) is 0 Å². The van der Waals surface area contributed by atoms with E-state index in [1.807, 2.05) is 11.8 Å². The van der Waals surface area contributed by atoms with Crippen molar-refractivity contribution >= 4 is 16.9 Å². The average molecular weight is 282 g/mol. The monoisotopic (exact) mass is 282 g/mol. The molecule has 1 aliphatic heterocycles. The van der Waals surface area contributed by atoms with E-state index in [9.17, 15) is 0 Å². The zero-order valence-corrected chi connectivity index (χ0v) is 12.8. The lowest BCUT2D eigenvalue weighted by Gasteiger charge is -2.40. The molecule has 1 spiro atoms. The average Bonchev–Trinajstić information content (AvgIpc) is 2.40. The summed E-state index contributed by atoms with van der Waals surface area (Å²) in [4.78, 5) is 4.83. The van der Waals surface area contributed by atoms with Crippen LogP contribution in [0.15, 0.2) is 4.99 Å². The molecule has 0 aromatic heterocycles. The van der Waals surface area contributed by atoms with Crippen LogP contribution in [0, 0.1) is 5.41 Å². The first-order chi connectivity index (χ1) is 9.30. The van der Waals surface area contributed by atoms with Gasteiger partial charge in [0.25, 0.3) is 0 Å². The van der Waals surface area contributed by atoms with Crippen molar-refractivity contribution in [3.05, 3.63) is 0 Å². The first-order valence-electron chi connectivity index (χ1n) is 7.85. The van der Waals surface area contributed by atoms with Crippen molar-refractivity contribution in [2.45, 2.75) is 64.0 Å². The molecule has 3 rings (SSSR count). The van der Waals surface area contributed by atoms with E-state index in [1.54, 1.807) is 0 Å². The van der Waals surface area contributed by atoms with Gasteiger partial charge in [-0.05, 0) is 38.0 Å². The highest BCUT2D eigenvalue weighted by Gasteiger charge is 2.36. The van der Waals surface area contributed by atoms with Gasteiger partial charge in [0.15, 0.2) is 5.17 Å². The molecule has 3 aliphatic rings. The Balaban J connectivity index is 1.44. The smallest absolute Gasteiger partial charge is 0.156 e. The molecule has 2 fully saturated rings. The van der Waals surface area contributed by atoms with Gasteiger partial charge in [0.2, 0.25) is 0 Å². The van der Waals surface area contributed by atoms with Crippen LogP contribution in [-0.4, -0.2) is 36.2 Å². The minimum atomic E-state index is 0.487. The number of hydrogen-bond acceptors (Lipinski definition) is 4. The fourth-order valence-electron chi connectivity index (χ4n) is 3.47. The van der Waals surface area contributed by atoms with Crippen LogP contribution in [0.4, 0.5) is 0 Å². The van der Waals surface area contributed by atoms with Crippen LogP contribution in [0.5, 0.6) is 0 Å². The summed E-state index contributed by atoms with van der Waals surface area (Å²) in [6.45, 7) is 3.98. The van der Waals surface area contributed by atoms with Crippen molar-refractivity contribution < 1.29 is 4.74 Å². The highest BCUT2D eigenvalue weighted by atomic mass is 32.2. The van der Waals surface area contributed by atoms with Crippen LogP contribution in [0.1, 0.15) is 51.9 Å². The van der Waals surface area contributed by atoms with Gasteiger partial charge in [0.05, 0.1) is 6.10 Å². The van der Waals surface area contributed by atoms with Crippen molar-refractivity contribution in [1.82, 2.24) is 5.32 Å². The molecule has 1 N–H and O–H groups in total. The predicted molar refractivity (Wildman–Crippen MR) is 81.8 cm³/mol. The van der Waals surface area contributed by atoms with E-state index < -0.39 is 0 Å². The van der Waals surface area contributed by atoms with Gasteiger partial charge < -0.3 is 10.1 Å². The Hall–Kier alpha value is -0.220. The molecule has 4 heteroatoms. The molecule has 19 heavy (non-hydrogen) atoms. The minimum Gasteiger partial charge on any atom is -0.378 e. The molecule has 108 valence electrons. The summed E-state index contributed by atoms with van der Waals surface area (Å²) >= 11 is 1.96. The zero-order valence-electron chi connectivity index (χ0n) is 12.0. The summed E-state index contributed by atoms with van der Waals surface area (Å²) in [5.41, 5.74) is 0.543. The lowest BCUT2D eigenvalue weighted by molar-refractivity contribution is -0.00546. The van der Waals surface area contributed by atoms with Gasteiger partial charge in [-0.15, -0.1) is 0 Å². The van der Waals surface area contributed by atoms with Crippen LogP contribution < -0.4 is 5.32 Å². The van der Waals surface area contributed by atoms with E-state index in [0.29, 0.717) is 17.6 Å². The predicted octanol–water partition coefficient (Wildman–Crippen LogP) is 3.20. The topological polar surface area (TPSA) is 33.6 Å². The highest BCUT2D eigenvalue weighted by molar-refractivity contribution is 8.13. The van der Waals surface area contributed by atoms with E-state index in [1.165, 1.54) is 43.0 Å². The molecular formula is C15H26N2OS. The molecule has 0 aromatic carbocycles. The maximum atomic E-state index is 5.60. The number of amidine groups is 1. The first kappa shape index (κ1) is 13.7. The SMILES string of the molecule is CCOC1CC(NC2=NCC3(CCCCC3)CS2)C1. The number of ether oxygens (including phenoxy) is 1. The Morgan fingerprint density at radius 1 is 1.32 bits per heavy atom. The molecule has 0 unspecified atom stereocenters.